The van der Waals surface area contributed by atoms with Crippen LogP contribution < -0.4 is 5.32 Å². The van der Waals surface area contributed by atoms with Crippen LogP contribution in [-0.2, 0) is 14.4 Å². The Morgan fingerprint density at radius 1 is 1.15 bits per heavy atom. The highest BCUT2D eigenvalue weighted by Gasteiger charge is 2.67. The number of allylic oxidation sites excluding steroid dienone is 2. The summed E-state index contributed by atoms with van der Waals surface area (Å²) in [5.41, 5.74) is 1.47. The number of hydrogen-bond acceptors (Lipinski definition) is 3. The highest BCUT2D eigenvalue weighted by atomic mass is 35.5. The predicted molar refractivity (Wildman–Crippen MR) is 96.2 cm³/mol. The SMILES string of the molecule is Cc1ccc(Cl)cc1NC(=O)CN1C(=O)[C@H]2[C@@H]3C=C[C@@H]([C@H]4C[C@H]34)[C@@H]2C1=O. The topological polar surface area (TPSA) is 66.5 Å². The number of imide groups is 1. The largest absolute Gasteiger partial charge is 0.324 e. The molecule has 6 heteroatoms. The third kappa shape index (κ3) is 2.19. The van der Waals surface area contributed by atoms with Crippen LogP contribution in [0.1, 0.15) is 12.0 Å². The Labute approximate surface area is 156 Å². The molecule has 4 aliphatic carbocycles. The number of nitrogens with one attached hydrogen (secondary N) is 1. The summed E-state index contributed by atoms with van der Waals surface area (Å²) in [5.74, 6) is 0.219. The normalized spacial score (nSPS) is 36.2. The number of anilines is 1. The molecule has 26 heavy (non-hydrogen) atoms. The number of halogens is 1. The Kier molecular flexibility index (Phi) is 3.35. The molecule has 6 rings (SSSR count). The number of carbonyl (C=O) groups excluding carboxylic acids is 3. The van der Waals surface area contributed by atoms with Crippen molar-refractivity contribution < 1.29 is 14.4 Å². The van der Waals surface area contributed by atoms with E-state index in [9.17, 15) is 14.4 Å². The first-order valence-corrected chi connectivity index (χ1v) is 9.43. The van der Waals surface area contributed by atoms with E-state index in [-0.39, 0.29) is 47.9 Å². The maximum atomic E-state index is 12.9. The molecule has 0 spiro atoms. The Morgan fingerprint density at radius 3 is 2.38 bits per heavy atom. The summed E-state index contributed by atoms with van der Waals surface area (Å²) in [4.78, 5) is 39.4. The third-order valence-corrected chi connectivity index (χ3v) is 6.76. The van der Waals surface area contributed by atoms with E-state index in [0.29, 0.717) is 22.5 Å². The van der Waals surface area contributed by atoms with E-state index in [0.717, 1.165) is 12.0 Å². The molecule has 2 saturated carbocycles. The first-order valence-electron chi connectivity index (χ1n) is 9.05. The molecule has 1 heterocycles. The van der Waals surface area contributed by atoms with Gasteiger partial charge in [-0.1, -0.05) is 29.8 Å². The molecule has 5 aliphatic rings. The number of carbonyl (C=O) groups is 3. The lowest BCUT2D eigenvalue weighted by atomic mass is 9.63. The van der Waals surface area contributed by atoms with Gasteiger partial charge in [-0.05, 0) is 54.7 Å². The standard InChI is InChI=1S/C20H19ClN2O3/c1-9-2-3-10(21)6-15(9)22-16(24)8-23-19(25)17-11-4-5-12(14-7-13(11)14)18(17)20(23)26/h2-6,11-14,17-18H,7-8H2,1H3,(H,22,24)/t11-,12+,13-,14-,17+,18+/m1/s1. The number of amides is 3. The fourth-order valence-electron chi connectivity index (χ4n) is 5.24. The van der Waals surface area contributed by atoms with Gasteiger partial charge in [-0.25, -0.2) is 0 Å². The van der Waals surface area contributed by atoms with Crippen LogP contribution >= 0.6 is 11.6 Å². The molecule has 134 valence electrons. The van der Waals surface area contributed by atoms with Crippen molar-refractivity contribution >= 4 is 35.0 Å². The Hall–Kier alpha value is -2.14. The first-order chi connectivity index (χ1) is 12.5. The summed E-state index contributed by atoms with van der Waals surface area (Å²) in [6.07, 6.45) is 5.39. The van der Waals surface area contributed by atoms with Crippen molar-refractivity contribution in [1.29, 1.82) is 0 Å². The van der Waals surface area contributed by atoms with Crippen LogP contribution in [0.5, 0.6) is 0 Å². The van der Waals surface area contributed by atoms with Gasteiger partial charge in [0.15, 0.2) is 0 Å². The lowest BCUT2D eigenvalue weighted by Gasteiger charge is -2.37. The zero-order valence-corrected chi connectivity index (χ0v) is 15.1. The van der Waals surface area contributed by atoms with Crippen LogP contribution in [-0.4, -0.2) is 29.2 Å². The van der Waals surface area contributed by atoms with Gasteiger partial charge in [-0.2, -0.15) is 0 Å². The highest BCUT2D eigenvalue weighted by molar-refractivity contribution is 6.31. The molecule has 3 fully saturated rings. The van der Waals surface area contributed by atoms with Crippen LogP contribution in [0.4, 0.5) is 5.69 Å². The molecular formula is C20H19ClN2O3. The second kappa shape index (κ2) is 5.43. The van der Waals surface area contributed by atoms with E-state index in [1.165, 1.54) is 4.90 Å². The summed E-state index contributed by atoms with van der Waals surface area (Å²) in [6, 6.07) is 5.23. The fourth-order valence-corrected chi connectivity index (χ4v) is 5.41. The minimum Gasteiger partial charge on any atom is -0.324 e. The van der Waals surface area contributed by atoms with E-state index in [1.807, 2.05) is 13.0 Å². The smallest absolute Gasteiger partial charge is 0.244 e. The predicted octanol–water partition coefficient (Wildman–Crippen LogP) is 2.64. The maximum absolute atomic E-state index is 12.9. The second-order valence-corrected chi connectivity index (χ2v) is 8.36. The molecular weight excluding hydrogens is 352 g/mol. The van der Waals surface area contributed by atoms with Crippen molar-refractivity contribution in [2.45, 2.75) is 13.3 Å². The number of rotatable bonds is 3. The molecule has 1 aliphatic heterocycles. The maximum Gasteiger partial charge on any atom is 0.244 e. The molecule has 0 aromatic heterocycles. The van der Waals surface area contributed by atoms with E-state index >= 15 is 0 Å². The fraction of sp³-hybridized carbons (Fsp3) is 0.450. The zero-order chi connectivity index (χ0) is 18.2. The number of nitrogens with zero attached hydrogens (tertiary/aromatic N) is 1. The monoisotopic (exact) mass is 370 g/mol. The Morgan fingerprint density at radius 2 is 1.77 bits per heavy atom. The summed E-state index contributed by atoms with van der Waals surface area (Å²) < 4.78 is 0. The van der Waals surface area contributed by atoms with Gasteiger partial charge in [0.2, 0.25) is 17.7 Å². The molecule has 1 N–H and O–H groups in total. The van der Waals surface area contributed by atoms with E-state index in [1.54, 1.807) is 12.1 Å². The summed E-state index contributed by atoms with van der Waals surface area (Å²) in [5, 5.41) is 3.29. The molecule has 1 aromatic rings. The van der Waals surface area contributed by atoms with Gasteiger partial charge >= 0.3 is 0 Å². The van der Waals surface area contributed by atoms with Gasteiger partial charge in [0.1, 0.15) is 6.54 Å². The molecule has 3 amide bonds. The molecule has 0 radical (unpaired) electrons. The molecule has 2 bridgehead atoms. The molecule has 0 unspecified atom stereocenters. The third-order valence-electron chi connectivity index (χ3n) is 6.53. The summed E-state index contributed by atoms with van der Waals surface area (Å²) in [6.45, 7) is 1.63. The molecule has 1 aromatic carbocycles. The number of benzene rings is 1. The second-order valence-electron chi connectivity index (χ2n) is 7.92. The first kappa shape index (κ1) is 16.1. The van der Waals surface area contributed by atoms with Gasteiger partial charge in [-0.3, -0.25) is 19.3 Å². The average molecular weight is 371 g/mol. The quantitative estimate of drug-likeness (QED) is 0.657. The zero-order valence-electron chi connectivity index (χ0n) is 14.3. The van der Waals surface area contributed by atoms with Crippen molar-refractivity contribution in [1.82, 2.24) is 4.90 Å². The van der Waals surface area contributed by atoms with Crippen molar-refractivity contribution in [2.75, 3.05) is 11.9 Å². The van der Waals surface area contributed by atoms with Crippen LogP contribution in [0.25, 0.3) is 0 Å². The Bertz CT molecular complexity index is 844. The van der Waals surface area contributed by atoms with E-state index in [2.05, 4.69) is 17.5 Å². The minimum atomic E-state index is -0.374. The molecule has 1 saturated heterocycles. The van der Waals surface area contributed by atoms with E-state index in [4.69, 9.17) is 11.6 Å². The summed E-state index contributed by atoms with van der Waals surface area (Å²) in [7, 11) is 0. The molecule has 5 nitrogen and oxygen atoms in total. The lowest BCUT2D eigenvalue weighted by molar-refractivity contribution is -0.142. The van der Waals surface area contributed by atoms with Crippen molar-refractivity contribution in [3.05, 3.63) is 40.9 Å². The lowest BCUT2D eigenvalue weighted by Crippen LogP contribution is -2.40. The van der Waals surface area contributed by atoms with Gasteiger partial charge in [0.25, 0.3) is 0 Å². The van der Waals surface area contributed by atoms with Crippen molar-refractivity contribution in [3.63, 3.8) is 0 Å². The minimum absolute atomic E-state index is 0.176. The Balaban J connectivity index is 1.34. The van der Waals surface area contributed by atoms with Crippen LogP contribution in [0.2, 0.25) is 5.02 Å². The summed E-state index contributed by atoms with van der Waals surface area (Å²) >= 11 is 5.98. The van der Waals surface area contributed by atoms with Gasteiger partial charge in [0.05, 0.1) is 11.8 Å². The van der Waals surface area contributed by atoms with Crippen molar-refractivity contribution in [2.24, 2.45) is 35.5 Å². The van der Waals surface area contributed by atoms with Crippen LogP contribution in [0.3, 0.4) is 0 Å². The molecule has 6 atom stereocenters. The highest BCUT2D eigenvalue weighted by Crippen LogP contribution is 2.65. The number of likely N-dealkylation sites (tertiary alicyclic amines) is 1. The number of aryl methyl sites for hydroxylation is 1. The van der Waals surface area contributed by atoms with Crippen LogP contribution in [0.15, 0.2) is 30.4 Å². The van der Waals surface area contributed by atoms with Crippen LogP contribution in [0, 0.1) is 42.4 Å². The average Bonchev–Trinajstić information content (AvgIpc) is 3.39. The number of hydrogen-bond donors (Lipinski definition) is 1. The van der Waals surface area contributed by atoms with Crippen molar-refractivity contribution in [3.8, 4) is 0 Å². The van der Waals surface area contributed by atoms with Gasteiger partial charge in [-0.15, -0.1) is 0 Å². The van der Waals surface area contributed by atoms with Gasteiger partial charge < -0.3 is 5.32 Å². The van der Waals surface area contributed by atoms with Gasteiger partial charge in [0, 0.05) is 10.7 Å². The van der Waals surface area contributed by atoms with E-state index < -0.39 is 0 Å².